The molecular formula is C5H8BrNO3. The molecule has 0 atom stereocenters. The second kappa shape index (κ2) is 2.94. The Morgan fingerprint density at radius 3 is 2.50 bits per heavy atom. The maximum Gasteiger partial charge on any atom is 0.223 e. The van der Waals surface area contributed by atoms with Gasteiger partial charge in [-0.1, -0.05) is 5.18 Å². The second-order valence-electron chi connectivity index (χ2n) is 2.22. The van der Waals surface area contributed by atoms with E-state index in [0.717, 1.165) is 0 Å². The van der Waals surface area contributed by atoms with Gasteiger partial charge in [-0.15, -0.1) is 0 Å². The summed E-state index contributed by atoms with van der Waals surface area (Å²) < 4.78 is 9.41. The average molecular weight is 210 g/mol. The van der Waals surface area contributed by atoms with Crippen LogP contribution in [0.3, 0.4) is 0 Å². The first-order valence-electron chi connectivity index (χ1n) is 2.93. The molecule has 1 saturated heterocycles. The van der Waals surface area contributed by atoms with Crippen molar-refractivity contribution in [3.63, 3.8) is 0 Å². The zero-order valence-corrected chi connectivity index (χ0v) is 7.13. The molecule has 1 fully saturated rings. The molecule has 1 aliphatic rings. The number of halogens is 1. The van der Waals surface area contributed by atoms with E-state index in [0.29, 0.717) is 13.2 Å². The number of alkyl halides is 1. The molecule has 0 aliphatic carbocycles. The van der Waals surface area contributed by atoms with Crippen LogP contribution in [0.5, 0.6) is 0 Å². The average Bonchev–Trinajstić information content (AvgIpc) is 1.88. The van der Waals surface area contributed by atoms with Crippen LogP contribution in [0.2, 0.25) is 0 Å². The minimum atomic E-state index is -0.728. The Labute approximate surface area is 67.0 Å². The van der Waals surface area contributed by atoms with Crippen LogP contribution in [-0.4, -0.2) is 24.0 Å². The van der Waals surface area contributed by atoms with Gasteiger partial charge in [0.05, 0.1) is 13.2 Å². The van der Waals surface area contributed by atoms with Crippen LogP contribution in [0.15, 0.2) is 5.18 Å². The molecule has 1 rings (SSSR count). The van der Waals surface area contributed by atoms with Crippen molar-refractivity contribution >= 4 is 15.9 Å². The smallest absolute Gasteiger partial charge is 0.223 e. The highest BCUT2D eigenvalue weighted by molar-refractivity contribution is 9.10. The lowest BCUT2D eigenvalue weighted by Gasteiger charge is -2.30. The van der Waals surface area contributed by atoms with E-state index in [9.17, 15) is 4.91 Å². The summed E-state index contributed by atoms with van der Waals surface area (Å²) in [6.45, 7) is 2.38. The molecule has 1 heterocycles. The zero-order valence-electron chi connectivity index (χ0n) is 5.54. The number of hydrogen-bond donors (Lipinski definition) is 0. The molecule has 0 radical (unpaired) electrons. The lowest BCUT2D eigenvalue weighted by molar-refractivity contribution is -0.195. The largest absolute Gasteiger partial charge is 0.339 e. The third kappa shape index (κ3) is 2.00. The highest BCUT2D eigenvalue weighted by Gasteiger charge is 2.30. The van der Waals surface area contributed by atoms with E-state index in [1.54, 1.807) is 6.92 Å². The fourth-order valence-corrected chi connectivity index (χ4v) is 0.905. The van der Waals surface area contributed by atoms with Crippen LogP contribution < -0.4 is 0 Å². The molecule has 0 aromatic heterocycles. The summed E-state index contributed by atoms with van der Waals surface area (Å²) in [6, 6.07) is -0.356. The molecule has 1 aliphatic heterocycles. The van der Waals surface area contributed by atoms with Gasteiger partial charge in [-0.2, -0.15) is 4.91 Å². The number of rotatable bonds is 1. The first kappa shape index (κ1) is 8.10. The van der Waals surface area contributed by atoms with E-state index in [-0.39, 0.29) is 6.04 Å². The van der Waals surface area contributed by atoms with Crippen molar-refractivity contribution in [1.29, 1.82) is 0 Å². The highest BCUT2D eigenvalue weighted by Crippen LogP contribution is 2.25. The summed E-state index contributed by atoms with van der Waals surface area (Å²) in [7, 11) is 0. The van der Waals surface area contributed by atoms with Gasteiger partial charge in [0.25, 0.3) is 0 Å². The van der Waals surface area contributed by atoms with Crippen LogP contribution in [0.25, 0.3) is 0 Å². The maximum atomic E-state index is 9.95. The van der Waals surface area contributed by atoms with Crippen molar-refractivity contribution in [1.82, 2.24) is 0 Å². The topological polar surface area (TPSA) is 47.9 Å². The van der Waals surface area contributed by atoms with Gasteiger partial charge in [-0.25, -0.2) is 0 Å². The van der Waals surface area contributed by atoms with Crippen molar-refractivity contribution in [2.75, 3.05) is 13.2 Å². The van der Waals surface area contributed by atoms with Crippen molar-refractivity contribution in [2.24, 2.45) is 5.18 Å². The Balaban J connectivity index is 2.38. The van der Waals surface area contributed by atoms with E-state index in [1.807, 2.05) is 0 Å². The molecule has 0 unspecified atom stereocenters. The predicted molar refractivity (Wildman–Crippen MR) is 38.8 cm³/mol. The lowest BCUT2D eigenvalue weighted by atomic mass is 10.3. The molecule has 0 aromatic rings. The summed E-state index contributed by atoms with van der Waals surface area (Å²) in [5.41, 5.74) is 0. The Kier molecular flexibility index (Phi) is 2.38. The highest BCUT2D eigenvalue weighted by atomic mass is 79.9. The van der Waals surface area contributed by atoms with Crippen molar-refractivity contribution < 1.29 is 9.47 Å². The predicted octanol–water partition coefficient (Wildman–Crippen LogP) is 1.24. The summed E-state index contributed by atoms with van der Waals surface area (Å²) in [5.74, 6) is 0. The van der Waals surface area contributed by atoms with Crippen molar-refractivity contribution in [3.05, 3.63) is 4.91 Å². The standard InChI is InChI=1S/C5H8BrNO3/c1-5(6)9-2-4(7-8)3-10-5/h4H,2-3H2,1H3. The minimum Gasteiger partial charge on any atom is -0.339 e. The second-order valence-corrected chi connectivity index (χ2v) is 3.66. The third-order valence-electron chi connectivity index (χ3n) is 1.22. The normalized spacial score (nSPS) is 41.2. The third-order valence-corrected chi connectivity index (χ3v) is 1.67. The SMILES string of the molecule is CC1(Br)OCC(N=O)CO1. The van der Waals surface area contributed by atoms with Crippen LogP contribution in [0.1, 0.15) is 6.92 Å². The van der Waals surface area contributed by atoms with E-state index in [1.165, 1.54) is 0 Å². The monoisotopic (exact) mass is 209 g/mol. The van der Waals surface area contributed by atoms with E-state index in [2.05, 4.69) is 21.1 Å². The molecule has 0 aromatic carbocycles. The van der Waals surface area contributed by atoms with Crippen LogP contribution in [0.4, 0.5) is 0 Å². The Morgan fingerprint density at radius 1 is 1.60 bits per heavy atom. The summed E-state index contributed by atoms with van der Waals surface area (Å²) >= 11 is 3.16. The quantitative estimate of drug-likeness (QED) is 0.483. The van der Waals surface area contributed by atoms with Gasteiger partial charge in [0.2, 0.25) is 4.70 Å². The van der Waals surface area contributed by atoms with Gasteiger partial charge < -0.3 is 9.47 Å². The molecule has 4 nitrogen and oxygen atoms in total. The molecule has 0 N–H and O–H groups in total. The molecule has 0 saturated carbocycles. The lowest BCUT2D eigenvalue weighted by Crippen LogP contribution is -2.38. The maximum absolute atomic E-state index is 9.95. The van der Waals surface area contributed by atoms with E-state index >= 15 is 0 Å². The van der Waals surface area contributed by atoms with Gasteiger partial charge in [-0.05, 0) is 15.9 Å². The number of hydrogen-bond acceptors (Lipinski definition) is 4. The van der Waals surface area contributed by atoms with Gasteiger partial charge in [0, 0.05) is 6.92 Å². The number of nitrogens with zero attached hydrogens (tertiary/aromatic N) is 1. The van der Waals surface area contributed by atoms with Gasteiger partial charge in [0.1, 0.15) is 6.04 Å². The molecule has 5 heteroatoms. The van der Waals surface area contributed by atoms with Crippen LogP contribution in [-0.2, 0) is 9.47 Å². The van der Waals surface area contributed by atoms with Gasteiger partial charge in [-0.3, -0.25) is 0 Å². The van der Waals surface area contributed by atoms with E-state index < -0.39 is 4.70 Å². The summed E-state index contributed by atoms with van der Waals surface area (Å²) in [4.78, 5) is 9.95. The zero-order chi connectivity index (χ0) is 7.61. The summed E-state index contributed by atoms with van der Waals surface area (Å²) in [5, 5.41) is 2.79. The fourth-order valence-electron chi connectivity index (χ4n) is 0.641. The number of nitroso groups, excluding NO2 is 1. The first-order chi connectivity index (χ1) is 4.64. The van der Waals surface area contributed by atoms with Crippen LogP contribution in [0, 0.1) is 4.91 Å². The van der Waals surface area contributed by atoms with E-state index in [4.69, 9.17) is 9.47 Å². The summed E-state index contributed by atoms with van der Waals surface area (Å²) in [6.07, 6.45) is 0. The molecular weight excluding hydrogens is 202 g/mol. The Bertz CT molecular complexity index is 129. The minimum absolute atomic E-state index is 0.325. The van der Waals surface area contributed by atoms with Gasteiger partial charge in [0.15, 0.2) is 0 Å². The molecule has 10 heavy (non-hydrogen) atoms. The Morgan fingerprint density at radius 2 is 2.10 bits per heavy atom. The molecule has 58 valence electrons. The molecule has 0 spiro atoms. The number of ether oxygens (including phenoxy) is 2. The van der Waals surface area contributed by atoms with Gasteiger partial charge >= 0.3 is 0 Å². The Hall–Kier alpha value is -0.0000000000000000208. The van der Waals surface area contributed by atoms with Crippen molar-refractivity contribution in [3.8, 4) is 0 Å². The molecule has 0 amide bonds. The molecule has 0 bridgehead atoms. The first-order valence-corrected chi connectivity index (χ1v) is 3.72. The van der Waals surface area contributed by atoms with Crippen LogP contribution >= 0.6 is 15.9 Å². The van der Waals surface area contributed by atoms with Crippen molar-refractivity contribution in [2.45, 2.75) is 17.7 Å². The fraction of sp³-hybridized carbons (Fsp3) is 1.00.